The average molecular weight is 366 g/mol. The van der Waals surface area contributed by atoms with Crippen LogP contribution in [0.1, 0.15) is 11.3 Å². The van der Waals surface area contributed by atoms with Crippen molar-refractivity contribution in [2.45, 2.75) is 23.6 Å². The van der Waals surface area contributed by atoms with E-state index in [1.165, 1.54) is 10.5 Å². The predicted molar refractivity (Wildman–Crippen MR) is 109 cm³/mol. The zero-order chi connectivity index (χ0) is 17.5. The van der Waals surface area contributed by atoms with E-state index in [9.17, 15) is 0 Å². The Bertz CT molecular complexity index is 864. The summed E-state index contributed by atoms with van der Waals surface area (Å²) in [5, 5.41) is 3.00. The molecule has 2 nitrogen and oxygen atoms in total. The van der Waals surface area contributed by atoms with Gasteiger partial charge in [0.2, 0.25) is 0 Å². The maximum atomic E-state index is 5.40. The summed E-state index contributed by atoms with van der Waals surface area (Å²) in [6.45, 7) is 4.04. The molecule has 0 fully saturated rings. The van der Waals surface area contributed by atoms with Crippen molar-refractivity contribution in [3.63, 3.8) is 0 Å². The molecule has 126 valence electrons. The van der Waals surface area contributed by atoms with E-state index < -0.39 is 0 Å². The standard InChI is InChI=1S/C21H19NOS2/c1-16-8-10-18(11-9-16)22-21(25-20-12-14-23-17(20)2)13-15-24-19-6-4-3-5-7-19/h3-15H,1-2H3. The molecule has 0 unspecified atom stereocenters. The van der Waals surface area contributed by atoms with Crippen molar-refractivity contribution in [2.75, 3.05) is 0 Å². The number of furan rings is 1. The summed E-state index contributed by atoms with van der Waals surface area (Å²) in [4.78, 5) is 7.07. The molecule has 25 heavy (non-hydrogen) atoms. The minimum atomic E-state index is 0.908. The van der Waals surface area contributed by atoms with Crippen molar-refractivity contribution in [2.24, 2.45) is 4.99 Å². The van der Waals surface area contributed by atoms with Gasteiger partial charge in [0.05, 0.1) is 16.8 Å². The topological polar surface area (TPSA) is 25.5 Å². The van der Waals surface area contributed by atoms with Crippen molar-refractivity contribution < 1.29 is 4.42 Å². The zero-order valence-corrected chi connectivity index (χ0v) is 15.8. The monoisotopic (exact) mass is 365 g/mol. The fourth-order valence-corrected chi connectivity index (χ4v) is 3.68. The molecule has 0 N–H and O–H groups in total. The molecule has 1 aromatic heterocycles. The van der Waals surface area contributed by atoms with Crippen LogP contribution in [0.15, 0.2) is 97.6 Å². The molecule has 0 saturated carbocycles. The van der Waals surface area contributed by atoms with E-state index in [0.29, 0.717) is 0 Å². The lowest BCUT2D eigenvalue weighted by Gasteiger charge is -2.02. The van der Waals surface area contributed by atoms with Gasteiger partial charge in [0, 0.05) is 4.90 Å². The Morgan fingerprint density at radius 3 is 2.40 bits per heavy atom. The summed E-state index contributed by atoms with van der Waals surface area (Å²) >= 11 is 3.29. The van der Waals surface area contributed by atoms with E-state index in [4.69, 9.17) is 9.41 Å². The maximum Gasteiger partial charge on any atom is 0.114 e. The maximum absolute atomic E-state index is 5.40. The minimum absolute atomic E-state index is 0.908. The van der Waals surface area contributed by atoms with Crippen LogP contribution in [0.25, 0.3) is 0 Å². The van der Waals surface area contributed by atoms with Gasteiger partial charge in [-0.3, -0.25) is 0 Å². The van der Waals surface area contributed by atoms with Crippen molar-refractivity contribution in [1.29, 1.82) is 0 Å². The second-order valence-corrected chi connectivity index (χ2v) is 7.50. The first-order valence-electron chi connectivity index (χ1n) is 7.96. The van der Waals surface area contributed by atoms with Crippen LogP contribution in [0.5, 0.6) is 0 Å². The van der Waals surface area contributed by atoms with E-state index in [2.05, 4.69) is 42.7 Å². The van der Waals surface area contributed by atoms with Gasteiger partial charge in [0.25, 0.3) is 0 Å². The van der Waals surface area contributed by atoms with Gasteiger partial charge in [-0.05, 0) is 55.7 Å². The van der Waals surface area contributed by atoms with E-state index in [1.54, 1.807) is 29.8 Å². The summed E-state index contributed by atoms with van der Waals surface area (Å²) in [5.74, 6) is 0.908. The van der Waals surface area contributed by atoms with Crippen LogP contribution < -0.4 is 0 Å². The molecular weight excluding hydrogens is 346 g/mol. The van der Waals surface area contributed by atoms with Gasteiger partial charge in [0.1, 0.15) is 10.8 Å². The van der Waals surface area contributed by atoms with Crippen molar-refractivity contribution in [1.82, 2.24) is 0 Å². The van der Waals surface area contributed by atoms with Crippen LogP contribution in [0, 0.1) is 13.8 Å². The number of aliphatic imine (C=N–C) groups is 1. The molecule has 3 aromatic rings. The average Bonchev–Trinajstić information content (AvgIpc) is 3.02. The number of rotatable bonds is 5. The second-order valence-electron chi connectivity index (χ2n) is 5.46. The number of nitrogens with zero attached hydrogens (tertiary/aromatic N) is 1. The molecule has 0 radical (unpaired) electrons. The van der Waals surface area contributed by atoms with E-state index in [1.807, 2.05) is 43.3 Å². The van der Waals surface area contributed by atoms with Crippen LogP contribution in [0.4, 0.5) is 5.69 Å². The molecule has 0 saturated heterocycles. The molecule has 4 heteroatoms. The van der Waals surface area contributed by atoms with Crippen molar-refractivity contribution in [3.8, 4) is 0 Å². The molecule has 1 heterocycles. The normalized spacial score (nSPS) is 12.0. The summed E-state index contributed by atoms with van der Waals surface area (Å²) < 4.78 is 5.40. The lowest BCUT2D eigenvalue weighted by Crippen LogP contribution is -1.86. The molecule has 0 bridgehead atoms. The van der Waals surface area contributed by atoms with Crippen molar-refractivity contribution in [3.05, 3.63) is 89.7 Å². The fourth-order valence-electron chi connectivity index (χ4n) is 2.10. The minimum Gasteiger partial charge on any atom is -0.468 e. The predicted octanol–water partition coefficient (Wildman–Crippen LogP) is 7.02. The molecule has 0 aliphatic carbocycles. The van der Waals surface area contributed by atoms with E-state index in [-0.39, 0.29) is 0 Å². The second kappa shape index (κ2) is 8.79. The molecule has 2 aromatic carbocycles. The number of hydrogen-bond acceptors (Lipinski definition) is 4. The molecule has 0 amide bonds. The lowest BCUT2D eigenvalue weighted by atomic mass is 10.2. The number of benzene rings is 2. The van der Waals surface area contributed by atoms with Gasteiger partial charge >= 0.3 is 0 Å². The smallest absolute Gasteiger partial charge is 0.114 e. The number of thioether (sulfide) groups is 2. The first kappa shape index (κ1) is 17.6. The lowest BCUT2D eigenvalue weighted by molar-refractivity contribution is 0.527. The highest BCUT2D eigenvalue weighted by atomic mass is 32.2. The van der Waals surface area contributed by atoms with Gasteiger partial charge in [0.15, 0.2) is 0 Å². The van der Waals surface area contributed by atoms with Gasteiger partial charge in [-0.25, -0.2) is 4.99 Å². The van der Waals surface area contributed by atoms with Gasteiger partial charge < -0.3 is 4.42 Å². The van der Waals surface area contributed by atoms with Crippen LogP contribution >= 0.6 is 23.5 Å². The van der Waals surface area contributed by atoms with Crippen LogP contribution in [0.2, 0.25) is 0 Å². The zero-order valence-electron chi connectivity index (χ0n) is 14.2. The number of hydrogen-bond donors (Lipinski definition) is 0. The van der Waals surface area contributed by atoms with Crippen LogP contribution in [-0.4, -0.2) is 5.04 Å². The fraction of sp³-hybridized carbons (Fsp3) is 0.0952. The highest BCUT2D eigenvalue weighted by Crippen LogP contribution is 2.28. The van der Waals surface area contributed by atoms with E-state index in [0.717, 1.165) is 21.4 Å². The summed E-state index contributed by atoms with van der Waals surface area (Å²) in [6.07, 6.45) is 3.76. The molecule has 0 atom stereocenters. The largest absolute Gasteiger partial charge is 0.468 e. The number of aryl methyl sites for hydroxylation is 2. The first-order valence-corrected chi connectivity index (χ1v) is 9.66. The molecule has 0 aliphatic heterocycles. The van der Waals surface area contributed by atoms with Gasteiger partial charge in [-0.15, -0.1) is 0 Å². The third kappa shape index (κ3) is 5.41. The molecular formula is C21H19NOS2. The highest BCUT2D eigenvalue weighted by molar-refractivity contribution is 8.14. The summed E-state index contributed by atoms with van der Waals surface area (Å²) in [7, 11) is 0. The quantitative estimate of drug-likeness (QED) is 0.276. The van der Waals surface area contributed by atoms with Crippen LogP contribution in [0.3, 0.4) is 0 Å². The summed E-state index contributed by atoms with van der Waals surface area (Å²) in [6, 6.07) is 20.5. The molecule has 0 aliphatic rings. The molecule has 0 spiro atoms. The van der Waals surface area contributed by atoms with Crippen LogP contribution in [-0.2, 0) is 0 Å². The highest BCUT2D eigenvalue weighted by Gasteiger charge is 2.06. The van der Waals surface area contributed by atoms with E-state index >= 15 is 0 Å². The Balaban J connectivity index is 1.80. The van der Waals surface area contributed by atoms with Gasteiger partial charge in [-0.2, -0.15) is 0 Å². The Kier molecular flexibility index (Phi) is 6.20. The Hall–Kier alpha value is -2.17. The van der Waals surface area contributed by atoms with Crippen molar-refractivity contribution >= 4 is 34.3 Å². The first-order chi connectivity index (χ1) is 12.2. The summed E-state index contributed by atoms with van der Waals surface area (Å²) in [5.41, 5.74) is 2.18. The SMILES string of the molecule is Cc1ccc(N=C(C=CSc2ccccc2)Sc2ccoc2C)cc1. The third-order valence-electron chi connectivity index (χ3n) is 3.46. The third-order valence-corrected chi connectivity index (χ3v) is 5.35. The Morgan fingerprint density at radius 2 is 1.72 bits per heavy atom. The van der Waals surface area contributed by atoms with Gasteiger partial charge in [-0.1, -0.05) is 59.4 Å². The molecule has 3 rings (SSSR count). The Labute approximate surface area is 157 Å². The Morgan fingerprint density at radius 1 is 0.960 bits per heavy atom.